The summed E-state index contributed by atoms with van der Waals surface area (Å²) in [4.78, 5) is 4.73. The van der Waals surface area contributed by atoms with Gasteiger partial charge in [-0.3, -0.25) is 0 Å². The van der Waals surface area contributed by atoms with Crippen molar-refractivity contribution in [2.75, 3.05) is 20.3 Å². The molecule has 23 heavy (non-hydrogen) atoms. The van der Waals surface area contributed by atoms with Crippen LogP contribution in [0, 0.1) is 0 Å². The molecule has 1 aliphatic carbocycles. The molecule has 0 radical (unpaired) electrons. The number of hydrogen-bond acceptors (Lipinski definition) is 4. The summed E-state index contributed by atoms with van der Waals surface area (Å²) >= 11 is 0. The van der Waals surface area contributed by atoms with E-state index in [9.17, 15) is 0 Å². The van der Waals surface area contributed by atoms with Gasteiger partial charge in [0.2, 0.25) is 0 Å². The fourth-order valence-electron chi connectivity index (χ4n) is 3.88. The molecule has 2 aliphatic rings. The van der Waals surface area contributed by atoms with E-state index in [4.69, 9.17) is 14.5 Å². The van der Waals surface area contributed by atoms with Crippen LogP contribution < -0.4 is 10.1 Å². The third kappa shape index (κ3) is 2.95. The number of hydrogen-bond donors (Lipinski definition) is 1. The van der Waals surface area contributed by atoms with Gasteiger partial charge in [-0.1, -0.05) is 19.3 Å². The van der Waals surface area contributed by atoms with Crippen LogP contribution in [0.3, 0.4) is 0 Å². The van der Waals surface area contributed by atoms with Crippen molar-refractivity contribution < 1.29 is 9.47 Å². The van der Waals surface area contributed by atoms with Gasteiger partial charge >= 0.3 is 0 Å². The molecule has 5 nitrogen and oxygen atoms in total. The Hall–Kier alpha value is -1.59. The van der Waals surface area contributed by atoms with Crippen molar-refractivity contribution in [2.45, 2.75) is 50.8 Å². The predicted molar refractivity (Wildman–Crippen MR) is 89.9 cm³/mol. The van der Waals surface area contributed by atoms with E-state index in [1.54, 1.807) is 7.11 Å². The number of imidazole rings is 1. The Morgan fingerprint density at radius 2 is 2.17 bits per heavy atom. The van der Waals surface area contributed by atoms with Crippen LogP contribution in [0.5, 0.6) is 5.75 Å². The number of nitrogens with zero attached hydrogens (tertiary/aromatic N) is 2. The summed E-state index contributed by atoms with van der Waals surface area (Å²) in [5, 5.41) is 3.76. The highest BCUT2D eigenvalue weighted by atomic mass is 16.5. The Balaban J connectivity index is 1.58. The average Bonchev–Trinajstić information content (AvgIpc) is 2.99. The summed E-state index contributed by atoms with van der Waals surface area (Å²) in [5.74, 6) is 1.90. The van der Waals surface area contributed by atoms with Crippen molar-refractivity contribution in [1.82, 2.24) is 14.9 Å². The zero-order valence-corrected chi connectivity index (χ0v) is 13.8. The van der Waals surface area contributed by atoms with E-state index in [2.05, 4.69) is 16.0 Å². The highest BCUT2D eigenvalue weighted by Crippen LogP contribution is 2.28. The first-order valence-electron chi connectivity index (χ1n) is 8.71. The smallest absolute Gasteiger partial charge is 0.136 e. The molecule has 124 valence electrons. The Morgan fingerprint density at radius 3 is 3.00 bits per heavy atom. The lowest BCUT2D eigenvalue weighted by molar-refractivity contribution is 0.0551. The molecule has 1 unspecified atom stereocenters. The second kappa shape index (κ2) is 6.49. The first kappa shape index (κ1) is 15.0. The van der Waals surface area contributed by atoms with Gasteiger partial charge in [0.1, 0.15) is 18.2 Å². The lowest BCUT2D eigenvalue weighted by Gasteiger charge is -2.30. The van der Waals surface area contributed by atoms with E-state index < -0.39 is 0 Å². The maximum Gasteiger partial charge on any atom is 0.136 e. The van der Waals surface area contributed by atoms with Gasteiger partial charge in [-0.2, -0.15) is 0 Å². The van der Waals surface area contributed by atoms with Gasteiger partial charge < -0.3 is 19.4 Å². The molecule has 0 spiro atoms. The first-order valence-corrected chi connectivity index (χ1v) is 8.71. The predicted octanol–water partition coefficient (Wildman–Crippen LogP) is 3.04. The van der Waals surface area contributed by atoms with Crippen molar-refractivity contribution in [3.8, 4) is 5.75 Å². The number of aromatic nitrogens is 2. The number of ether oxygens (including phenoxy) is 2. The topological polar surface area (TPSA) is 48.3 Å². The summed E-state index contributed by atoms with van der Waals surface area (Å²) in [5.41, 5.74) is 2.17. The van der Waals surface area contributed by atoms with Crippen LogP contribution in [-0.2, 0) is 11.3 Å². The number of fused-ring (bicyclic) bond motifs is 3. The fourth-order valence-corrected chi connectivity index (χ4v) is 3.88. The number of rotatable bonds is 4. The molecule has 1 aliphatic heterocycles. The van der Waals surface area contributed by atoms with E-state index in [0.717, 1.165) is 35.8 Å². The Morgan fingerprint density at radius 1 is 1.30 bits per heavy atom. The molecule has 5 heteroatoms. The molecular formula is C18H25N3O2. The molecule has 1 aromatic heterocycles. The van der Waals surface area contributed by atoms with Crippen LogP contribution in [0.1, 0.15) is 44.0 Å². The molecule has 1 fully saturated rings. The van der Waals surface area contributed by atoms with Crippen LogP contribution >= 0.6 is 0 Å². The third-order valence-corrected chi connectivity index (χ3v) is 5.12. The van der Waals surface area contributed by atoms with Gasteiger partial charge in [0.15, 0.2) is 0 Å². The molecule has 0 saturated heterocycles. The highest BCUT2D eigenvalue weighted by molar-refractivity contribution is 5.78. The van der Waals surface area contributed by atoms with E-state index in [0.29, 0.717) is 18.7 Å². The van der Waals surface area contributed by atoms with E-state index >= 15 is 0 Å². The molecule has 2 aromatic rings. The second-order valence-electron chi connectivity index (χ2n) is 6.66. The first-order chi connectivity index (χ1) is 11.3. The summed E-state index contributed by atoms with van der Waals surface area (Å²) in [7, 11) is 1.71. The molecular weight excluding hydrogens is 290 g/mol. The molecule has 1 aromatic carbocycles. The standard InChI is InChI=1S/C18H25N3O2/c1-22-15-7-8-16-17(9-15)21-14(11-23-12-18(21)20-16)10-19-13-5-3-2-4-6-13/h7-9,13-14,19H,2-6,10-12H2,1H3. The monoisotopic (exact) mass is 315 g/mol. The minimum Gasteiger partial charge on any atom is -0.497 e. The van der Waals surface area contributed by atoms with Crippen molar-refractivity contribution in [2.24, 2.45) is 0 Å². The van der Waals surface area contributed by atoms with Gasteiger partial charge in [0, 0.05) is 18.7 Å². The van der Waals surface area contributed by atoms with E-state index in [1.165, 1.54) is 32.1 Å². The molecule has 1 atom stereocenters. The largest absolute Gasteiger partial charge is 0.497 e. The zero-order chi connectivity index (χ0) is 15.6. The summed E-state index contributed by atoms with van der Waals surface area (Å²) in [6.07, 6.45) is 6.71. The molecule has 4 rings (SSSR count). The minimum absolute atomic E-state index is 0.304. The van der Waals surface area contributed by atoms with Crippen LogP contribution in [-0.4, -0.2) is 35.9 Å². The maximum atomic E-state index is 5.78. The van der Waals surface area contributed by atoms with Crippen LogP contribution in [0.25, 0.3) is 11.0 Å². The molecule has 1 saturated carbocycles. The number of benzene rings is 1. The molecule has 2 heterocycles. The fraction of sp³-hybridized carbons (Fsp3) is 0.611. The van der Waals surface area contributed by atoms with Gasteiger partial charge in [-0.15, -0.1) is 0 Å². The highest BCUT2D eigenvalue weighted by Gasteiger charge is 2.25. The molecule has 0 amide bonds. The van der Waals surface area contributed by atoms with Gasteiger partial charge in [0.05, 0.1) is 30.8 Å². The van der Waals surface area contributed by atoms with Gasteiger partial charge in [0.25, 0.3) is 0 Å². The number of nitrogens with one attached hydrogen (secondary N) is 1. The van der Waals surface area contributed by atoms with Crippen molar-refractivity contribution in [3.05, 3.63) is 24.0 Å². The SMILES string of the molecule is COc1ccc2nc3n(c2c1)C(CNC1CCCCC1)COC3. The van der Waals surface area contributed by atoms with Crippen LogP contribution in [0.2, 0.25) is 0 Å². The van der Waals surface area contributed by atoms with Crippen LogP contribution in [0.15, 0.2) is 18.2 Å². The van der Waals surface area contributed by atoms with Gasteiger partial charge in [-0.05, 0) is 25.0 Å². The number of methoxy groups -OCH3 is 1. The van der Waals surface area contributed by atoms with Crippen LogP contribution in [0.4, 0.5) is 0 Å². The van der Waals surface area contributed by atoms with Crippen molar-refractivity contribution in [3.63, 3.8) is 0 Å². The normalized spacial score (nSPS) is 22.2. The van der Waals surface area contributed by atoms with Crippen molar-refractivity contribution >= 4 is 11.0 Å². The minimum atomic E-state index is 0.304. The van der Waals surface area contributed by atoms with E-state index in [1.807, 2.05) is 12.1 Å². The maximum absolute atomic E-state index is 5.78. The lowest BCUT2D eigenvalue weighted by Crippen LogP contribution is -2.38. The molecule has 1 N–H and O–H groups in total. The second-order valence-corrected chi connectivity index (χ2v) is 6.66. The summed E-state index contributed by atoms with van der Waals surface area (Å²) in [6, 6.07) is 7.06. The summed E-state index contributed by atoms with van der Waals surface area (Å²) < 4.78 is 13.5. The van der Waals surface area contributed by atoms with Crippen molar-refractivity contribution in [1.29, 1.82) is 0 Å². The Bertz CT molecular complexity index is 676. The quantitative estimate of drug-likeness (QED) is 0.942. The lowest BCUT2D eigenvalue weighted by atomic mass is 9.95. The molecule has 0 bridgehead atoms. The Kier molecular flexibility index (Phi) is 4.23. The zero-order valence-electron chi connectivity index (χ0n) is 13.8. The van der Waals surface area contributed by atoms with E-state index in [-0.39, 0.29) is 0 Å². The summed E-state index contributed by atoms with van der Waals surface area (Å²) in [6.45, 7) is 2.28. The average molecular weight is 315 g/mol. The Labute approximate surface area is 137 Å². The third-order valence-electron chi connectivity index (χ3n) is 5.12. The van der Waals surface area contributed by atoms with Gasteiger partial charge in [-0.25, -0.2) is 4.98 Å².